The van der Waals surface area contributed by atoms with Crippen LogP contribution in [0.5, 0.6) is 5.75 Å². The Morgan fingerprint density at radius 1 is 0.944 bits per heavy atom. The van der Waals surface area contributed by atoms with Gasteiger partial charge in [-0.2, -0.15) is 0 Å². The minimum Gasteiger partial charge on any atom is -0.488 e. The van der Waals surface area contributed by atoms with E-state index in [9.17, 15) is 0 Å². The maximum Gasteiger partial charge on any atom is 0.120 e. The zero-order valence-electron chi connectivity index (χ0n) is 12.0. The van der Waals surface area contributed by atoms with E-state index >= 15 is 0 Å². The first-order valence-electron chi connectivity index (χ1n) is 7.14. The molecule has 1 saturated carbocycles. The number of benzene rings is 1. The first-order chi connectivity index (χ1) is 8.53. The minimum atomic E-state index is -0.111. The number of hydrogen-bond donors (Lipinski definition) is 0. The van der Waals surface area contributed by atoms with Gasteiger partial charge in [-0.25, -0.2) is 0 Å². The largest absolute Gasteiger partial charge is 0.488 e. The SMILES string of the molecule is CC(C)(C)Oc1ccc(C[C]2CCCCC2)cc1. The van der Waals surface area contributed by atoms with Crippen molar-refractivity contribution < 1.29 is 4.74 Å². The van der Waals surface area contributed by atoms with Crippen LogP contribution in [0.1, 0.15) is 58.4 Å². The zero-order valence-corrected chi connectivity index (χ0v) is 12.0. The van der Waals surface area contributed by atoms with Gasteiger partial charge in [-0.05, 0) is 63.6 Å². The summed E-state index contributed by atoms with van der Waals surface area (Å²) in [6.07, 6.45) is 8.03. The lowest BCUT2D eigenvalue weighted by atomic mass is 9.85. The molecule has 1 nitrogen and oxygen atoms in total. The van der Waals surface area contributed by atoms with Gasteiger partial charge in [-0.15, -0.1) is 0 Å². The predicted molar refractivity (Wildman–Crippen MR) is 76.9 cm³/mol. The monoisotopic (exact) mass is 245 g/mol. The van der Waals surface area contributed by atoms with E-state index in [0.29, 0.717) is 0 Å². The fourth-order valence-electron chi connectivity index (χ4n) is 2.55. The van der Waals surface area contributed by atoms with Crippen LogP contribution in [0, 0.1) is 5.92 Å². The summed E-state index contributed by atoms with van der Waals surface area (Å²) in [5.41, 5.74) is 1.31. The molecular formula is C17H25O. The Labute approximate surface area is 112 Å². The topological polar surface area (TPSA) is 9.23 Å². The second-order valence-electron chi connectivity index (χ2n) is 6.35. The Morgan fingerprint density at radius 3 is 2.11 bits per heavy atom. The highest BCUT2D eigenvalue weighted by molar-refractivity contribution is 5.29. The molecule has 0 spiro atoms. The predicted octanol–water partition coefficient (Wildman–Crippen LogP) is 4.94. The molecule has 0 bridgehead atoms. The van der Waals surface area contributed by atoms with E-state index in [1.54, 1.807) is 5.92 Å². The fraction of sp³-hybridized carbons (Fsp3) is 0.588. The molecule has 0 atom stereocenters. The summed E-state index contributed by atoms with van der Waals surface area (Å²) in [6.45, 7) is 6.25. The summed E-state index contributed by atoms with van der Waals surface area (Å²) in [5, 5.41) is 0. The molecule has 0 heterocycles. The molecule has 0 amide bonds. The van der Waals surface area contributed by atoms with Crippen molar-refractivity contribution in [3.63, 3.8) is 0 Å². The fourth-order valence-corrected chi connectivity index (χ4v) is 2.55. The van der Waals surface area contributed by atoms with Crippen molar-refractivity contribution in [1.29, 1.82) is 0 Å². The highest BCUT2D eigenvalue weighted by atomic mass is 16.5. The molecule has 0 saturated heterocycles. The van der Waals surface area contributed by atoms with Gasteiger partial charge in [0.05, 0.1) is 0 Å². The average Bonchev–Trinajstić information content (AvgIpc) is 2.31. The van der Waals surface area contributed by atoms with E-state index in [0.717, 1.165) is 12.2 Å². The third-order valence-electron chi connectivity index (χ3n) is 3.36. The van der Waals surface area contributed by atoms with Gasteiger partial charge in [0.2, 0.25) is 0 Å². The molecule has 0 aromatic heterocycles. The van der Waals surface area contributed by atoms with Gasteiger partial charge in [0, 0.05) is 0 Å². The molecule has 1 radical (unpaired) electrons. The van der Waals surface area contributed by atoms with E-state index < -0.39 is 0 Å². The number of rotatable bonds is 3. The van der Waals surface area contributed by atoms with E-state index in [1.165, 1.54) is 37.7 Å². The first-order valence-corrected chi connectivity index (χ1v) is 7.14. The average molecular weight is 245 g/mol. The third kappa shape index (κ3) is 4.36. The summed E-state index contributed by atoms with van der Waals surface area (Å²) in [5.74, 6) is 2.70. The number of ether oxygens (including phenoxy) is 1. The van der Waals surface area contributed by atoms with Gasteiger partial charge >= 0.3 is 0 Å². The summed E-state index contributed by atoms with van der Waals surface area (Å²) < 4.78 is 5.84. The highest BCUT2D eigenvalue weighted by Crippen LogP contribution is 2.29. The van der Waals surface area contributed by atoms with E-state index in [-0.39, 0.29) is 5.60 Å². The lowest BCUT2D eigenvalue weighted by Crippen LogP contribution is -2.22. The lowest BCUT2D eigenvalue weighted by Gasteiger charge is -2.22. The molecule has 2 rings (SSSR count). The summed E-state index contributed by atoms with van der Waals surface area (Å²) >= 11 is 0. The van der Waals surface area contributed by atoms with Gasteiger partial charge in [0.1, 0.15) is 11.4 Å². The standard InChI is InChI=1S/C17H25O/c1-17(2,3)18-16-11-9-15(10-12-16)13-14-7-5-4-6-8-14/h9-12H,4-8,13H2,1-3H3. The van der Waals surface area contributed by atoms with Crippen molar-refractivity contribution >= 4 is 0 Å². The summed E-state index contributed by atoms with van der Waals surface area (Å²) in [4.78, 5) is 0. The van der Waals surface area contributed by atoms with Crippen molar-refractivity contribution in [3.05, 3.63) is 35.7 Å². The van der Waals surface area contributed by atoms with Crippen molar-refractivity contribution in [2.45, 2.75) is 64.9 Å². The Bertz CT molecular complexity index is 352. The molecule has 1 fully saturated rings. The molecule has 1 aromatic carbocycles. The van der Waals surface area contributed by atoms with Crippen LogP contribution >= 0.6 is 0 Å². The maximum atomic E-state index is 5.84. The Morgan fingerprint density at radius 2 is 1.56 bits per heavy atom. The quantitative estimate of drug-likeness (QED) is 0.732. The normalized spacial score (nSPS) is 17.7. The molecule has 1 aliphatic carbocycles. The Kier molecular flexibility index (Phi) is 4.31. The molecular weight excluding hydrogens is 220 g/mol. The smallest absolute Gasteiger partial charge is 0.120 e. The van der Waals surface area contributed by atoms with Gasteiger partial charge in [0.15, 0.2) is 0 Å². The second-order valence-corrected chi connectivity index (χ2v) is 6.35. The van der Waals surface area contributed by atoms with E-state index in [2.05, 4.69) is 45.0 Å². The molecule has 1 aliphatic rings. The van der Waals surface area contributed by atoms with Crippen LogP contribution in [-0.2, 0) is 6.42 Å². The Balaban J connectivity index is 1.90. The molecule has 0 N–H and O–H groups in total. The molecule has 0 unspecified atom stereocenters. The number of hydrogen-bond acceptors (Lipinski definition) is 1. The second kappa shape index (κ2) is 5.77. The molecule has 1 heteroatoms. The summed E-state index contributed by atoms with van der Waals surface area (Å²) in [6, 6.07) is 8.62. The third-order valence-corrected chi connectivity index (χ3v) is 3.36. The highest BCUT2D eigenvalue weighted by Gasteiger charge is 2.15. The molecule has 1 aromatic rings. The lowest BCUT2D eigenvalue weighted by molar-refractivity contribution is 0.131. The van der Waals surface area contributed by atoms with Crippen LogP contribution in [0.3, 0.4) is 0 Å². The van der Waals surface area contributed by atoms with Crippen LogP contribution in [-0.4, -0.2) is 5.60 Å². The van der Waals surface area contributed by atoms with Crippen LogP contribution in [0.2, 0.25) is 0 Å². The van der Waals surface area contributed by atoms with Gasteiger partial charge < -0.3 is 4.74 Å². The molecule has 18 heavy (non-hydrogen) atoms. The van der Waals surface area contributed by atoms with Crippen LogP contribution in [0.4, 0.5) is 0 Å². The maximum absolute atomic E-state index is 5.84. The van der Waals surface area contributed by atoms with Crippen LogP contribution in [0.15, 0.2) is 24.3 Å². The van der Waals surface area contributed by atoms with Crippen molar-refractivity contribution in [3.8, 4) is 5.75 Å². The summed E-state index contributed by atoms with van der Waals surface area (Å²) in [7, 11) is 0. The van der Waals surface area contributed by atoms with E-state index in [1.807, 2.05) is 0 Å². The van der Waals surface area contributed by atoms with Gasteiger partial charge in [0.25, 0.3) is 0 Å². The van der Waals surface area contributed by atoms with Gasteiger partial charge in [-0.1, -0.05) is 31.4 Å². The Hall–Kier alpha value is -0.980. The van der Waals surface area contributed by atoms with Crippen molar-refractivity contribution in [2.24, 2.45) is 0 Å². The first kappa shape index (κ1) is 13.5. The van der Waals surface area contributed by atoms with Crippen molar-refractivity contribution in [1.82, 2.24) is 0 Å². The van der Waals surface area contributed by atoms with E-state index in [4.69, 9.17) is 4.74 Å². The molecule has 0 aliphatic heterocycles. The van der Waals surface area contributed by atoms with Crippen molar-refractivity contribution in [2.75, 3.05) is 0 Å². The molecule has 99 valence electrons. The minimum absolute atomic E-state index is 0.111. The van der Waals surface area contributed by atoms with Gasteiger partial charge in [-0.3, -0.25) is 0 Å². The van der Waals surface area contributed by atoms with Crippen LogP contribution in [0.25, 0.3) is 0 Å². The van der Waals surface area contributed by atoms with Crippen LogP contribution < -0.4 is 4.74 Å². The zero-order chi connectivity index (χ0) is 13.0.